The normalized spacial score (nSPS) is 14.4. The van der Waals surface area contributed by atoms with Gasteiger partial charge in [-0.25, -0.2) is 0 Å². The molecule has 0 aliphatic rings. The summed E-state index contributed by atoms with van der Waals surface area (Å²) in [6.07, 6.45) is 1.04. The molecule has 96 valence electrons. The molecule has 0 bridgehead atoms. The maximum Gasteiger partial charge on any atom is 0.236 e. The Kier molecular flexibility index (Phi) is 5.65. The van der Waals surface area contributed by atoms with Gasteiger partial charge in [0.15, 0.2) is 0 Å². The van der Waals surface area contributed by atoms with Crippen molar-refractivity contribution >= 4 is 17.2 Å². The molecule has 17 heavy (non-hydrogen) atoms. The molecule has 1 aromatic rings. The van der Waals surface area contributed by atoms with Crippen molar-refractivity contribution in [1.82, 2.24) is 10.2 Å². The van der Waals surface area contributed by atoms with Gasteiger partial charge in [-0.3, -0.25) is 4.79 Å². The summed E-state index contributed by atoms with van der Waals surface area (Å²) in [5.41, 5.74) is 0. The van der Waals surface area contributed by atoms with Crippen LogP contribution in [0.4, 0.5) is 0 Å². The summed E-state index contributed by atoms with van der Waals surface area (Å²) < 4.78 is 0. The van der Waals surface area contributed by atoms with Crippen LogP contribution in [-0.2, 0) is 4.79 Å². The summed E-state index contributed by atoms with van der Waals surface area (Å²) >= 11 is 1.69. The molecule has 0 fully saturated rings. The number of amides is 1. The van der Waals surface area contributed by atoms with E-state index in [0.29, 0.717) is 12.6 Å². The van der Waals surface area contributed by atoms with Gasteiger partial charge in [-0.1, -0.05) is 13.0 Å². The van der Waals surface area contributed by atoms with Crippen LogP contribution in [0.15, 0.2) is 17.5 Å². The zero-order valence-corrected chi connectivity index (χ0v) is 11.9. The Balaban J connectivity index is 2.46. The van der Waals surface area contributed by atoms with E-state index in [1.807, 2.05) is 18.5 Å². The predicted molar refractivity (Wildman–Crippen MR) is 73.3 cm³/mol. The van der Waals surface area contributed by atoms with Crippen LogP contribution in [0, 0.1) is 0 Å². The van der Waals surface area contributed by atoms with E-state index in [4.69, 9.17) is 0 Å². The minimum atomic E-state index is 0.145. The Hall–Kier alpha value is -0.870. The SMILES string of the molecule is CCC(C)NCC(=O)N(C)C(C)c1cccs1. The summed E-state index contributed by atoms with van der Waals surface area (Å²) in [5.74, 6) is 0.145. The Morgan fingerprint density at radius 1 is 1.53 bits per heavy atom. The molecule has 0 saturated carbocycles. The molecule has 0 aromatic carbocycles. The van der Waals surface area contributed by atoms with Gasteiger partial charge in [-0.05, 0) is 31.7 Å². The molecule has 0 saturated heterocycles. The van der Waals surface area contributed by atoms with Crippen molar-refractivity contribution in [1.29, 1.82) is 0 Å². The summed E-state index contributed by atoms with van der Waals surface area (Å²) in [6, 6.07) is 4.64. The lowest BCUT2D eigenvalue weighted by Crippen LogP contribution is -2.39. The standard InChI is InChI=1S/C13H22N2OS/c1-5-10(2)14-9-13(16)15(4)11(3)12-7-6-8-17-12/h6-8,10-11,14H,5,9H2,1-4H3. The fraction of sp³-hybridized carbons (Fsp3) is 0.615. The topological polar surface area (TPSA) is 32.3 Å². The number of hydrogen-bond acceptors (Lipinski definition) is 3. The molecule has 3 nitrogen and oxygen atoms in total. The molecular weight excluding hydrogens is 232 g/mol. The number of carbonyl (C=O) groups is 1. The van der Waals surface area contributed by atoms with Crippen LogP contribution in [0.2, 0.25) is 0 Å². The number of hydrogen-bond donors (Lipinski definition) is 1. The number of thiophene rings is 1. The highest BCUT2D eigenvalue weighted by Crippen LogP contribution is 2.23. The van der Waals surface area contributed by atoms with Crippen LogP contribution in [0.3, 0.4) is 0 Å². The first-order chi connectivity index (χ1) is 8.06. The van der Waals surface area contributed by atoms with Crippen molar-refractivity contribution in [2.24, 2.45) is 0 Å². The summed E-state index contributed by atoms with van der Waals surface area (Å²) in [7, 11) is 1.87. The van der Waals surface area contributed by atoms with E-state index in [2.05, 4.69) is 32.2 Å². The predicted octanol–water partition coefficient (Wildman–Crippen LogP) is 2.66. The largest absolute Gasteiger partial charge is 0.337 e. The van der Waals surface area contributed by atoms with Gasteiger partial charge < -0.3 is 10.2 Å². The quantitative estimate of drug-likeness (QED) is 0.846. The van der Waals surface area contributed by atoms with Crippen molar-refractivity contribution in [3.05, 3.63) is 22.4 Å². The fourth-order valence-electron chi connectivity index (χ4n) is 1.47. The highest BCUT2D eigenvalue weighted by molar-refractivity contribution is 7.10. The average molecular weight is 254 g/mol. The van der Waals surface area contributed by atoms with Crippen molar-refractivity contribution in [3.63, 3.8) is 0 Å². The lowest BCUT2D eigenvalue weighted by molar-refractivity contribution is -0.130. The van der Waals surface area contributed by atoms with E-state index < -0.39 is 0 Å². The zero-order chi connectivity index (χ0) is 12.8. The van der Waals surface area contributed by atoms with Crippen LogP contribution in [0.1, 0.15) is 38.1 Å². The van der Waals surface area contributed by atoms with E-state index in [0.717, 1.165) is 6.42 Å². The van der Waals surface area contributed by atoms with Crippen molar-refractivity contribution in [2.45, 2.75) is 39.3 Å². The van der Waals surface area contributed by atoms with E-state index in [9.17, 15) is 4.79 Å². The van der Waals surface area contributed by atoms with Crippen LogP contribution < -0.4 is 5.32 Å². The smallest absolute Gasteiger partial charge is 0.236 e. The Morgan fingerprint density at radius 2 is 2.24 bits per heavy atom. The minimum absolute atomic E-state index is 0.145. The zero-order valence-electron chi connectivity index (χ0n) is 11.1. The summed E-state index contributed by atoms with van der Waals surface area (Å²) in [4.78, 5) is 15.0. The molecule has 1 rings (SSSR count). The highest BCUT2D eigenvalue weighted by Gasteiger charge is 2.17. The molecule has 4 heteroatoms. The van der Waals surface area contributed by atoms with Gasteiger partial charge in [0.25, 0.3) is 0 Å². The monoisotopic (exact) mass is 254 g/mol. The van der Waals surface area contributed by atoms with E-state index >= 15 is 0 Å². The minimum Gasteiger partial charge on any atom is -0.337 e. The van der Waals surface area contributed by atoms with E-state index in [1.165, 1.54) is 4.88 Å². The number of rotatable bonds is 6. The molecule has 2 atom stereocenters. The fourth-order valence-corrected chi connectivity index (χ4v) is 2.29. The van der Waals surface area contributed by atoms with E-state index in [1.54, 1.807) is 16.2 Å². The molecule has 0 aliphatic heterocycles. The maximum absolute atomic E-state index is 12.0. The second kappa shape index (κ2) is 6.77. The van der Waals surface area contributed by atoms with Crippen LogP contribution in [-0.4, -0.2) is 30.4 Å². The van der Waals surface area contributed by atoms with Gasteiger partial charge in [-0.2, -0.15) is 0 Å². The Labute approximate surface area is 108 Å². The third-order valence-electron chi connectivity index (χ3n) is 3.14. The molecule has 2 unspecified atom stereocenters. The molecule has 0 radical (unpaired) electrons. The van der Waals surface area contributed by atoms with Gasteiger partial charge in [0.05, 0.1) is 12.6 Å². The first kappa shape index (κ1) is 14.2. The first-order valence-electron chi connectivity index (χ1n) is 6.08. The molecule has 0 spiro atoms. The van der Waals surface area contributed by atoms with Gasteiger partial charge in [0, 0.05) is 18.0 Å². The van der Waals surface area contributed by atoms with Gasteiger partial charge in [0.1, 0.15) is 0 Å². The van der Waals surface area contributed by atoms with E-state index in [-0.39, 0.29) is 11.9 Å². The van der Waals surface area contributed by atoms with Crippen LogP contribution >= 0.6 is 11.3 Å². The van der Waals surface area contributed by atoms with Crippen LogP contribution in [0.5, 0.6) is 0 Å². The van der Waals surface area contributed by atoms with Crippen molar-refractivity contribution in [2.75, 3.05) is 13.6 Å². The molecule has 1 aromatic heterocycles. The third kappa shape index (κ3) is 4.13. The first-order valence-corrected chi connectivity index (χ1v) is 6.96. The molecule has 0 aliphatic carbocycles. The number of nitrogens with one attached hydrogen (secondary N) is 1. The molecule has 1 amide bonds. The molecular formula is C13H22N2OS. The van der Waals surface area contributed by atoms with Crippen LogP contribution in [0.25, 0.3) is 0 Å². The van der Waals surface area contributed by atoms with Crippen molar-refractivity contribution in [3.8, 4) is 0 Å². The Bertz CT molecular complexity index is 337. The average Bonchev–Trinajstić information content (AvgIpc) is 2.87. The highest BCUT2D eigenvalue weighted by atomic mass is 32.1. The lowest BCUT2D eigenvalue weighted by atomic mass is 10.2. The summed E-state index contributed by atoms with van der Waals surface area (Å²) in [5, 5.41) is 5.27. The number of likely N-dealkylation sites (N-methyl/N-ethyl adjacent to an activating group) is 1. The van der Waals surface area contributed by atoms with Gasteiger partial charge in [-0.15, -0.1) is 11.3 Å². The Morgan fingerprint density at radius 3 is 2.76 bits per heavy atom. The lowest BCUT2D eigenvalue weighted by Gasteiger charge is -2.25. The van der Waals surface area contributed by atoms with Gasteiger partial charge >= 0.3 is 0 Å². The molecule has 1 heterocycles. The second-order valence-electron chi connectivity index (χ2n) is 4.39. The number of nitrogens with zero attached hydrogens (tertiary/aromatic N) is 1. The van der Waals surface area contributed by atoms with Crippen molar-refractivity contribution < 1.29 is 4.79 Å². The molecule has 1 N–H and O–H groups in total. The van der Waals surface area contributed by atoms with Gasteiger partial charge in [0.2, 0.25) is 5.91 Å². The third-order valence-corrected chi connectivity index (χ3v) is 4.19. The summed E-state index contributed by atoms with van der Waals surface area (Å²) in [6.45, 7) is 6.68. The number of carbonyl (C=O) groups excluding carboxylic acids is 1. The second-order valence-corrected chi connectivity index (χ2v) is 5.37. The maximum atomic E-state index is 12.0.